The molecule has 0 saturated carbocycles. The van der Waals surface area contributed by atoms with Gasteiger partial charge < -0.3 is 10.3 Å². The SMILES string of the molecule is Cn1cc(CNC(=O)c2cc(F)c[nH]2)cn1. The smallest absolute Gasteiger partial charge is 0.268 e. The van der Waals surface area contributed by atoms with Crippen LogP contribution in [0.3, 0.4) is 0 Å². The number of hydrogen-bond donors (Lipinski definition) is 2. The largest absolute Gasteiger partial charge is 0.355 e. The van der Waals surface area contributed by atoms with Crippen LogP contribution in [-0.4, -0.2) is 20.7 Å². The highest BCUT2D eigenvalue weighted by Crippen LogP contribution is 2.01. The zero-order valence-electron chi connectivity index (χ0n) is 8.70. The Morgan fingerprint density at radius 1 is 1.69 bits per heavy atom. The van der Waals surface area contributed by atoms with Crippen molar-refractivity contribution in [2.75, 3.05) is 0 Å². The molecular weight excluding hydrogens is 211 g/mol. The van der Waals surface area contributed by atoms with E-state index in [1.54, 1.807) is 24.1 Å². The summed E-state index contributed by atoms with van der Waals surface area (Å²) in [5.74, 6) is -0.792. The van der Waals surface area contributed by atoms with Crippen molar-refractivity contribution in [1.82, 2.24) is 20.1 Å². The second-order valence-electron chi connectivity index (χ2n) is 3.44. The van der Waals surface area contributed by atoms with Crippen LogP contribution in [0.15, 0.2) is 24.7 Å². The molecular formula is C10H11FN4O. The lowest BCUT2D eigenvalue weighted by molar-refractivity contribution is 0.0946. The first-order valence-corrected chi connectivity index (χ1v) is 4.75. The van der Waals surface area contributed by atoms with Crippen LogP contribution in [0, 0.1) is 5.82 Å². The maximum absolute atomic E-state index is 12.6. The van der Waals surface area contributed by atoms with Crippen LogP contribution < -0.4 is 5.32 Å². The first-order valence-electron chi connectivity index (χ1n) is 4.75. The first kappa shape index (κ1) is 10.4. The number of carbonyl (C=O) groups excluding carboxylic acids is 1. The lowest BCUT2D eigenvalue weighted by Crippen LogP contribution is -2.22. The first-order chi connectivity index (χ1) is 7.65. The number of aryl methyl sites for hydroxylation is 1. The maximum atomic E-state index is 12.6. The molecule has 0 saturated heterocycles. The third kappa shape index (κ3) is 2.28. The number of rotatable bonds is 3. The average Bonchev–Trinajstić information content (AvgIpc) is 2.84. The second kappa shape index (κ2) is 4.18. The molecule has 0 fully saturated rings. The molecule has 0 aliphatic carbocycles. The summed E-state index contributed by atoms with van der Waals surface area (Å²) < 4.78 is 14.3. The monoisotopic (exact) mass is 222 g/mol. The van der Waals surface area contributed by atoms with Gasteiger partial charge in [-0.15, -0.1) is 0 Å². The fourth-order valence-corrected chi connectivity index (χ4v) is 1.34. The van der Waals surface area contributed by atoms with Gasteiger partial charge in [-0.1, -0.05) is 0 Å². The number of H-pyrrole nitrogens is 1. The number of aromatic nitrogens is 3. The van der Waals surface area contributed by atoms with E-state index >= 15 is 0 Å². The Kier molecular flexibility index (Phi) is 2.72. The summed E-state index contributed by atoms with van der Waals surface area (Å²) in [6, 6.07) is 1.15. The van der Waals surface area contributed by atoms with Gasteiger partial charge in [-0.05, 0) is 0 Å². The van der Waals surface area contributed by atoms with Crippen molar-refractivity contribution in [2.24, 2.45) is 7.05 Å². The summed E-state index contributed by atoms with van der Waals surface area (Å²) in [6.45, 7) is 0.368. The van der Waals surface area contributed by atoms with E-state index in [9.17, 15) is 9.18 Å². The van der Waals surface area contributed by atoms with Gasteiger partial charge in [0.25, 0.3) is 5.91 Å². The Bertz CT molecular complexity index is 502. The van der Waals surface area contributed by atoms with E-state index in [1.807, 2.05) is 0 Å². The van der Waals surface area contributed by atoms with E-state index < -0.39 is 5.82 Å². The molecule has 0 bridgehead atoms. The maximum Gasteiger partial charge on any atom is 0.268 e. The number of hydrogen-bond acceptors (Lipinski definition) is 2. The molecule has 0 spiro atoms. The Hall–Kier alpha value is -2.11. The number of nitrogens with zero attached hydrogens (tertiary/aromatic N) is 2. The van der Waals surface area contributed by atoms with Gasteiger partial charge in [0, 0.05) is 37.6 Å². The van der Waals surface area contributed by atoms with Crippen molar-refractivity contribution < 1.29 is 9.18 Å². The predicted molar refractivity (Wildman–Crippen MR) is 55.1 cm³/mol. The van der Waals surface area contributed by atoms with E-state index in [0.29, 0.717) is 6.54 Å². The van der Waals surface area contributed by atoms with Gasteiger partial charge in [-0.2, -0.15) is 5.10 Å². The highest BCUT2D eigenvalue weighted by Gasteiger charge is 2.08. The lowest BCUT2D eigenvalue weighted by atomic mass is 10.3. The summed E-state index contributed by atoms with van der Waals surface area (Å²) in [7, 11) is 1.80. The third-order valence-corrected chi connectivity index (χ3v) is 2.10. The predicted octanol–water partition coefficient (Wildman–Crippen LogP) is 0.817. The molecule has 0 aliphatic rings. The van der Waals surface area contributed by atoms with E-state index in [1.165, 1.54) is 0 Å². The summed E-state index contributed by atoms with van der Waals surface area (Å²) in [5, 5.41) is 6.62. The van der Waals surface area contributed by atoms with Crippen LogP contribution in [0.4, 0.5) is 4.39 Å². The number of carbonyl (C=O) groups is 1. The number of aromatic amines is 1. The second-order valence-corrected chi connectivity index (χ2v) is 3.44. The molecule has 1 amide bonds. The van der Waals surface area contributed by atoms with Gasteiger partial charge in [0.15, 0.2) is 0 Å². The van der Waals surface area contributed by atoms with Crippen LogP contribution in [0.1, 0.15) is 16.1 Å². The van der Waals surface area contributed by atoms with Crippen LogP contribution in [-0.2, 0) is 13.6 Å². The Morgan fingerprint density at radius 3 is 3.06 bits per heavy atom. The average molecular weight is 222 g/mol. The lowest BCUT2D eigenvalue weighted by Gasteiger charge is -2.00. The molecule has 0 radical (unpaired) electrons. The van der Waals surface area contributed by atoms with Gasteiger partial charge in [-0.25, -0.2) is 4.39 Å². The third-order valence-electron chi connectivity index (χ3n) is 2.10. The summed E-state index contributed by atoms with van der Waals surface area (Å²) in [4.78, 5) is 14.0. The van der Waals surface area contributed by atoms with Crippen molar-refractivity contribution in [1.29, 1.82) is 0 Å². The number of amides is 1. The molecule has 2 N–H and O–H groups in total. The Balaban J connectivity index is 1.93. The fourth-order valence-electron chi connectivity index (χ4n) is 1.34. The molecule has 6 heteroatoms. The minimum atomic E-state index is -0.452. The number of nitrogens with one attached hydrogen (secondary N) is 2. The van der Waals surface area contributed by atoms with E-state index in [-0.39, 0.29) is 11.6 Å². The van der Waals surface area contributed by atoms with Gasteiger partial charge in [0.2, 0.25) is 0 Å². The van der Waals surface area contributed by atoms with Gasteiger partial charge in [0.05, 0.1) is 6.20 Å². The summed E-state index contributed by atoms with van der Waals surface area (Å²) >= 11 is 0. The molecule has 2 heterocycles. The van der Waals surface area contributed by atoms with Crippen LogP contribution >= 0.6 is 0 Å². The Morgan fingerprint density at radius 2 is 2.50 bits per heavy atom. The molecule has 16 heavy (non-hydrogen) atoms. The zero-order valence-corrected chi connectivity index (χ0v) is 8.70. The molecule has 2 aromatic heterocycles. The van der Waals surface area contributed by atoms with Crippen LogP contribution in [0.5, 0.6) is 0 Å². The van der Waals surface area contributed by atoms with Crippen molar-refractivity contribution in [3.63, 3.8) is 0 Å². The molecule has 0 aromatic carbocycles. The highest BCUT2D eigenvalue weighted by molar-refractivity contribution is 5.92. The summed E-state index contributed by atoms with van der Waals surface area (Å²) in [5.41, 5.74) is 1.10. The van der Waals surface area contributed by atoms with E-state index in [4.69, 9.17) is 0 Å². The molecule has 0 atom stereocenters. The topological polar surface area (TPSA) is 62.7 Å². The number of halogens is 1. The molecule has 0 aliphatic heterocycles. The molecule has 2 rings (SSSR count). The molecule has 5 nitrogen and oxygen atoms in total. The standard InChI is InChI=1S/C10H11FN4O/c1-15-6-7(4-14-15)3-13-10(16)9-2-8(11)5-12-9/h2,4-6,12H,3H2,1H3,(H,13,16). The molecule has 2 aromatic rings. The fraction of sp³-hybridized carbons (Fsp3) is 0.200. The molecule has 0 unspecified atom stereocenters. The van der Waals surface area contributed by atoms with Crippen molar-refractivity contribution in [2.45, 2.75) is 6.54 Å². The summed E-state index contributed by atoms with van der Waals surface area (Å²) in [6.07, 6.45) is 4.60. The highest BCUT2D eigenvalue weighted by atomic mass is 19.1. The van der Waals surface area contributed by atoms with Crippen molar-refractivity contribution in [3.05, 3.63) is 41.7 Å². The Labute approximate surface area is 91.3 Å². The molecule has 84 valence electrons. The van der Waals surface area contributed by atoms with Gasteiger partial charge in [-0.3, -0.25) is 9.48 Å². The van der Waals surface area contributed by atoms with Crippen LogP contribution in [0.25, 0.3) is 0 Å². The van der Waals surface area contributed by atoms with Gasteiger partial charge in [0.1, 0.15) is 11.5 Å². The van der Waals surface area contributed by atoms with Crippen molar-refractivity contribution >= 4 is 5.91 Å². The van der Waals surface area contributed by atoms with Crippen molar-refractivity contribution in [3.8, 4) is 0 Å². The van der Waals surface area contributed by atoms with Gasteiger partial charge >= 0.3 is 0 Å². The minimum absolute atomic E-state index is 0.210. The van der Waals surface area contributed by atoms with E-state index in [0.717, 1.165) is 17.8 Å². The van der Waals surface area contributed by atoms with E-state index in [2.05, 4.69) is 15.4 Å². The van der Waals surface area contributed by atoms with Crippen LogP contribution in [0.2, 0.25) is 0 Å². The normalized spacial score (nSPS) is 10.4. The quantitative estimate of drug-likeness (QED) is 0.807. The minimum Gasteiger partial charge on any atom is -0.355 e. The zero-order chi connectivity index (χ0) is 11.5.